The third-order valence-electron chi connectivity index (χ3n) is 2.33. The number of alkyl halides is 1. The molecule has 0 amide bonds. The van der Waals surface area contributed by atoms with Crippen LogP contribution in [0.15, 0.2) is 35.2 Å². The van der Waals surface area contributed by atoms with Crippen LogP contribution in [0, 0.1) is 5.92 Å². The molecule has 0 aliphatic heterocycles. The van der Waals surface area contributed by atoms with Crippen molar-refractivity contribution in [3.05, 3.63) is 30.3 Å². The monoisotopic (exact) mass is 353 g/mol. The number of nitrogens with one attached hydrogen (secondary N) is 1. The predicted molar refractivity (Wildman–Crippen MR) is 74.3 cm³/mol. The van der Waals surface area contributed by atoms with Crippen molar-refractivity contribution in [2.24, 2.45) is 5.92 Å². The Bertz CT molecular complexity index is 417. The summed E-state index contributed by atoms with van der Waals surface area (Å²) in [6.45, 7) is 4.02. The molecule has 0 bridgehead atoms. The van der Waals surface area contributed by atoms with Crippen LogP contribution in [0.5, 0.6) is 0 Å². The summed E-state index contributed by atoms with van der Waals surface area (Å²) in [7, 11) is -3.37. The van der Waals surface area contributed by atoms with Gasteiger partial charge in [0.15, 0.2) is 0 Å². The molecule has 0 heterocycles. The third kappa shape index (κ3) is 3.71. The smallest absolute Gasteiger partial charge is 0.207 e. The third-order valence-corrected chi connectivity index (χ3v) is 4.79. The molecular formula is C11H16INO2S. The molecule has 16 heavy (non-hydrogen) atoms. The van der Waals surface area contributed by atoms with E-state index in [1.165, 1.54) is 0 Å². The highest BCUT2D eigenvalue weighted by atomic mass is 127. The Morgan fingerprint density at radius 3 is 2.25 bits per heavy atom. The minimum atomic E-state index is -3.37. The van der Waals surface area contributed by atoms with Crippen molar-refractivity contribution in [3.63, 3.8) is 0 Å². The van der Waals surface area contributed by atoms with E-state index in [2.05, 4.69) is 27.3 Å². The molecule has 90 valence electrons. The highest BCUT2D eigenvalue weighted by molar-refractivity contribution is 14.1. The quantitative estimate of drug-likeness (QED) is 0.653. The molecule has 0 aromatic heterocycles. The van der Waals surface area contributed by atoms with Crippen LogP contribution in [0.1, 0.15) is 13.8 Å². The Balaban J connectivity index is 2.88. The van der Waals surface area contributed by atoms with E-state index >= 15 is 0 Å². The van der Waals surface area contributed by atoms with E-state index in [-0.39, 0.29) is 12.0 Å². The Morgan fingerprint density at radius 1 is 1.25 bits per heavy atom. The lowest BCUT2D eigenvalue weighted by molar-refractivity contribution is 0.486. The number of benzene rings is 1. The molecule has 1 aromatic carbocycles. The van der Waals surface area contributed by atoms with Crippen molar-refractivity contribution in [2.45, 2.75) is 24.8 Å². The molecular weight excluding hydrogens is 337 g/mol. The number of hydrogen-bond acceptors (Lipinski definition) is 2. The zero-order valence-corrected chi connectivity index (χ0v) is 12.3. The van der Waals surface area contributed by atoms with Gasteiger partial charge in [0.1, 0.15) is 0 Å². The fourth-order valence-corrected chi connectivity index (χ4v) is 4.15. The number of sulfonamides is 1. The maximum atomic E-state index is 12.0. The molecule has 1 unspecified atom stereocenters. The maximum absolute atomic E-state index is 12.0. The Labute approximate surface area is 111 Å². The number of rotatable bonds is 5. The lowest BCUT2D eigenvalue weighted by Gasteiger charge is -2.19. The first-order valence-corrected chi connectivity index (χ1v) is 8.11. The van der Waals surface area contributed by atoms with Gasteiger partial charge in [-0.2, -0.15) is 0 Å². The molecule has 0 aliphatic rings. The number of halogens is 1. The van der Waals surface area contributed by atoms with Gasteiger partial charge >= 0.3 is 0 Å². The second-order valence-corrected chi connectivity index (χ2v) is 6.53. The highest BCUT2D eigenvalue weighted by Crippen LogP contribution is 2.12. The van der Waals surface area contributed by atoms with E-state index in [0.29, 0.717) is 4.90 Å². The standard InChI is InChI=1S/C11H16INO2S/c1-9(2)11(8-12)13-16(14,15)10-6-4-3-5-7-10/h3-7,9,11,13H,8H2,1-2H3. The minimum Gasteiger partial charge on any atom is -0.207 e. The van der Waals surface area contributed by atoms with Gasteiger partial charge in [-0.1, -0.05) is 54.6 Å². The molecule has 3 nitrogen and oxygen atoms in total. The minimum absolute atomic E-state index is 0.0224. The first-order chi connectivity index (χ1) is 7.47. The molecule has 0 spiro atoms. The van der Waals surface area contributed by atoms with Gasteiger partial charge in [-0.15, -0.1) is 0 Å². The summed E-state index contributed by atoms with van der Waals surface area (Å²) in [6, 6.07) is 8.44. The first-order valence-electron chi connectivity index (χ1n) is 5.10. The summed E-state index contributed by atoms with van der Waals surface area (Å²) in [4.78, 5) is 0.325. The lowest BCUT2D eigenvalue weighted by atomic mass is 10.1. The average Bonchev–Trinajstić information content (AvgIpc) is 2.27. The molecule has 1 rings (SSSR count). The summed E-state index contributed by atoms with van der Waals surface area (Å²) in [6.07, 6.45) is 0. The van der Waals surface area contributed by atoms with Crippen molar-refractivity contribution < 1.29 is 8.42 Å². The summed E-state index contributed by atoms with van der Waals surface area (Å²) in [5.74, 6) is 0.287. The summed E-state index contributed by atoms with van der Waals surface area (Å²) in [5, 5.41) is 0. The Morgan fingerprint density at radius 2 is 1.81 bits per heavy atom. The van der Waals surface area contributed by atoms with Crippen molar-refractivity contribution in [1.82, 2.24) is 4.72 Å². The van der Waals surface area contributed by atoms with Crippen LogP contribution in [-0.2, 0) is 10.0 Å². The Hall–Kier alpha value is -0.140. The molecule has 0 radical (unpaired) electrons. The second kappa shape index (κ2) is 5.97. The second-order valence-electron chi connectivity index (χ2n) is 3.94. The van der Waals surface area contributed by atoms with Crippen LogP contribution in [0.4, 0.5) is 0 Å². The topological polar surface area (TPSA) is 46.2 Å². The van der Waals surface area contributed by atoms with Crippen LogP contribution < -0.4 is 4.72 Å². The predicted octanol–water partition coefficient (Wildman–Crippen LogP) is 2.42. The number of hydrogen-bond donors (Lipinski definition) is 1. The van der Waals surface area contributed by atoms with Gasteiger partial charge in [0.05, 0.1) is 4.90 Å². The van der Waals surface area contributed by atoms with Crippen LogP contribution in [0.2, 0.25) is 0 Å². The van der Waals surface area contributed by atoms with Gasteiger partial charge in [-0.25, -0.2) is 13.1 Å². The van der Waals surface area contributed by atoms with Crippen molar-refractivity contribution in [1.29, 1.82) is 0 Å². The van der Waals surface area contributed by atoms with Crippen LogP contribution >= 0.6 is 22.6 Å². The van der Waals surface area contributed by atoms with Crippen molar-refractivity contribution in [2.75, 3.05) is 4.43 Å². The van der Waals surface area contributed by atoms with Gasteiger partial charge in [0, 0.05) is 10.5 Å². The molecule has 1 atom stereocenters. The maximum Gasteiger partial charge on any atom is 0.240 e. The Kier molecular flexibility index (Phi) is 5.20. The zero-order chi connectivity index (χ0) is 12.2. The highest BCUT2D eigenvalue weighted by Gasteiger charge is 2.20. The van der Waals surface area contributed by atoms with E-state index in [9.17, 15) is 8.42 Å². The molecule has 0 fully saturated rings. The lowest BCUT2D eigenvalue weighted by Crippen LogP contribution is -2.39. The van der Waals surface area contributed by atoms with E-state index in [0.717, 1.165) is 4.43 Å². The van der Waals surface area contributed by atoms with Gasteiger partial charge in [-0.3, -0.25) is 0 Å². The van der Waals surface area contributed by atoms with Gasteiger partial charge < -0.3 is 0 Å². The molecule has 0 saturated heterocycles. The van der Waals surface area contributed by atoms with E-state index in [1.807, 2.05) is 13.8 Å². The van der Waals surface area contributed by atoms with Gasteiger partial charge in [0.2, 0.25) is 10.0 Å². The average molecular weight is 353 g/mol. The normalized spacial score (nSPS) is 14.0. The van der Waals surface area contributed by atoms with E-state index < -0.39 is 10.0 Å². The largest absolute Gasteiger partial charge is 0.240 e. The van der Waals surface area contributed by atoms with Crippen LogP contribution in [0.25, 0.3) is 0 Å². The van der Waals surface area contributed by atoms with E-state index in [1.54, 1.807) is 30.3 Å². The summed E-state index contributed by atoms with van der Waals surface area (Å²) < 4.78 is 27.5. The van der Waals surface area contributed by atoms with Crippen LogP contribution in [0.3, 0.4) is 0 Å². The fraction of sp³-hybridized carbons (Fsp3) is 0.455. The van der Waals surface area contributed by atoms with Crippen LogP contribution in [-0.4, -0.2) is 18.9 Å². The summed E-state index contributed by atoms with van der Waals surface area (Å²) >= 11 is 2.20. The summed E-state index contributed by atoms with van der Waals surface area (Å²) in [5.41, 5.74) is 0. The first kappa shape index (κ1) is 13.9. The van der Waals surface area contributed by atoms with E-state index in [4.69, 9.17) is 0 Å². The van der Waals surface area contributed by atoms with Gasteiger partial charge in [-0.05, 0) is 18.1 Å². The van der Waals surface area contributed by atoms with Crippen molar-refractivity contribution in [3.8, 4) is 0 Å². The molecule has 0 saturated carbocycles. The SMILES string of the molecule is CC(C)C(CI)NS(=O)(=O)c1ccccc1. The molecule has 5 heteroatoms. The molecule has 0 aliphatic carbocycles. The van der Waals surface area contributed by atoms with Crippen molar-refractivity contribution >= 4 is 32.6 Å². The fourth-order valence-electron chi connectivity index (χ4n) is 1.21. The molecule has 1 N–H and O–H groups in total. The van der Waals surface area contributed by atoms with Gasteiger partial charge in [0.25, 0.3) is 0 Å². The zero-order valence-electron chi connectivity index (χ0n) is 9.35. The molecule has 1 aromatic rings.